The molecule has 0 unspecified atom stereocenters. The van der Waals surface area contributed by atoms with Crippen LogP contribution in [0.15, 0.2) is 30.3 Å². The van der Waals surface area contributed by atoms with Crippen LogP contribution in [0.25, 0.3) is 10.4 Å². The van der Waals surface area contributed by atoms with Crippen molar-refractivity contribution in [2.75, 3.05) is 0 Å². The number of hydrogen-bond acceptors (Lipinski definition) is 6. The highest BCUT2D eigenvalue weighted by molar-refractivity contribution is 7.17. The maximum absolute atomic E-state index is 14.8. The van der Waals surface area contributed by atoms with E-state index in [1.807, 2.05) is 0 Å². The normalized spacial score (nSPS) is 22.2. The molecule has 0 spiro atoms. The smallest absolute Gasteiger partial charge is 0.411 e. The minimum Gasteiger partial charge on any atom is -0.477 e. The Hall–Kier alpha value is -2.98. The number of thiophene rings is 1. The van der Waals surface area contributed by atoms with Gasteiger partial charge in [0, 0.05) is 17.3 Å². The number of nitrogens with two attached hydrogens (primary N) is 1. The molecule has 4 N–H and O–H groups in total. The second-order valence-corrected chi connectivity index (χ2v) is 11.2. The predicted octanol–water partition coefficient (Wildman–Crippen LogP) is 3.98. The van der Waals surface area contributed by atoms with E-state index < -0.39 is 35.7 Å². The Morgan fingerprint density at radius 1 is 1.26 bits per heavy atom. The molecule has 8 nitrogen and oxygen atoms in total. The lowest BCUT2D eigenvalue weighted by molar-refractivity contribution is -0.128. The second kappa shape index (κ2) is 9.58. The van der Waals surface area contributed by atoms with Crippen LogP contribution in [-0.2, 0) is 16.0 Å². The summed E-state index contributed by atoms with van der Waals surface area (Å²) in [6.07, 6.45) is 1.18. The molecule has 35 heavy (non-hydrogen) atoms. The van der Waals surface area contributed by atoms with Crippen molar-refractivity contribution in [3.8, 4) is 10.4 Å². The van der Waals surface area contributed by atoms with Gasteiger partial charge in [-0.2, -0.15) is 0 Å². The molecule has 1 aromatic carbocycles. The number of nitrogens with zero attached hydrogens (tertiary/aromatic N) is 1. The standard InChI is InChI=1S/C25H30FN3O5S/c1-25(2,3)34-24(33)29-16-7-6-15(10-16)21(29)22(30)28-20(27)12-13-4-5-14(11-17(13)26)18-8-9-19(35-18)23(31)32/h4-5,8-9,11,15-16,20-21H,6-7,10,12,27H2,1-3H3,(H,28,30)(H,31,32)/t15-,16+,20-,21-/m0/s1. The number of benzene rings is 1. The first-order valence-electron chi connectivity index (χ1n) is 11.6. The van der Waals surface area contributed by atoms with E-state index in [1.165, 1.54) is 12.1 Å². The molecule has 2 aromatic rings. The summed E-state index contributed by atoms with van der Waals surface area (Å²) in [6, 6.07) is 7.07. The fraction of sp³-hybridized carbons (Fsp3) is 0.480. The van der Waals surface area contributed by atoms with Gasteiger partial charge in [-0.1, -0.05) is 12.1 Å². The average molecular weight is 504 g/mol. The number of carboxylic acids is 1. The summed E-state index contributed by atoms with van der Waals surface area (Å²) in [5.41, 5.74) is 6.38. The number of hydrogen-bond donors (Lipinski definition) is 3. The molecule has 1 saturated heterocycles. The Balaban J connectivity index is 1.41. The number of nitrogens with one attached hydrogen (secondary N) is 1. The van der Waals surface area contributed by atoms with Gasteiger partial charge in [0.15, 0.2) is 0 Å². The van der Waals surface area contributed by atoms with Gasteiger partial charge in [0.25, 0.3) is 0 Å². The fourth-order valence-corrected chi connectivity index (χ4v) is 5.77. The third kappa shape index (κ3) is 5.48. The third-order valence-corrected chi connectivity index (χ3v) is 7.50. The Bertz CT molecular complexity index is 1140. The van der Waals surface area contributed by atoms with E-state index in [2.05, 4.69) is 5.32 Å². The van der Waals surface area contributed by atoms with Gasteiger partial charge in [-0.3, -0.25) is 9.69 Å². The number of carbonyl (C=O) groups is 3. The van der Waals surface area contributed by atoms with Crippen LogP contribution in [0.4, 0.5) is 9.18 Å². The van der Waals surface area contributed by atoms with E-state index in [1.54, 1.807) is 43.9 Å². The van der Waals surface area contributed by atoms with Crippen molar-refractivity contribution in [2.24, 2.45) is 11.7 Å². The van der Waals surface area contributed by atoms with Gasteiger partial charge in [-0.15, -0.1) is 11.3 Å². The molecule has 2 bridgehead atoms. The van der Waals surface area contributed by atoms with Crippen LogP contribution in [-0.4, -0.2) is 51.8 Å². The van der Waals surface area contributed by atoms with Crippen LogP contribution in [0.1, 0.15) is 55.3 Å². The zero-order valence-corrected chi connectivity index (χ0v) is 20.7. The summed E-state index contributed by atoms with van der Waals surface area (Å²) >= 11 is 1.07. The molecule has 10 heteroatoms. The van der Waals surface area contributed by atoms with Gasteiger partial charge >= 0.3 is 12.1 Å². The van der Waals surface area contributed by atoms with Crippen LogP contribution in [0, 0.1) is 11.7 Å². The summed E-state index contributed by atoms with van der Waals surface area (Å²) in [5, 5.41) is 11.8. The topological polar surface area (TPSA) is 122 Å². The third-order valence-electron chi connectivity index (χ3n) is 6.38. The summed E-state index contributed by atoms with van der Waals surface area (Å²) in [5.74, 6) is -1.82. The number of likely N-dealkylation sites (tertiary alicyclic amines) is 1. The first-order chi connectivity index (χ1) is 16.4. The number of halogens is 1. The molecule has 1 aliphatic heterocycles. The van der Waals surface area contributed by atoms with Gasteiger partial charge in [0.05, 0.1) is 6.17 Å². The quantitative estimate of drug-likeness (QED) is 0.513. The molecule has 0 radical (unpaired) electrons. The predicted molar refractivity (Wildman–Crippen MR) is 129 cm³/mol. The van der Waals surface area contributed by atoms with Crippen LogP contribution in [0.5, 0.6) is 0 Å². The molecule has 4 rings (SSSR count). The Labute approximate surface area is 207 Å². The zero-order valence-electron chi connectivity index (χ0n) is 19.9. The molecule has 1 aliphatic carbocycles. The molecule has 1 saturated carbocycles. The van der Waals surface area contributed by atoms with E-state index in [0.717, 1.165) is 30.6 Å². The Morgan fingerprint density at radius 2 is 2.00 bits per heavy atom. The highest BCUT2D eigenvalue weighted by Gasteiger charge is 2.52. The average Bonchev–Trinajstić information content (AvgIpc) is 3.49. The lowest BCUT2D eigenvalue weighted by Crippen LogP contribution is -2.57. The Morgan fingerprint density at radius 3 is 2.63 bits per heavy atom. The molecule has 2 aliphatic rings. The van der Waals surface area contributed by atoms with Crippen LogP contribution in [0.2, 0.25) is 0 Å². The lowest BCUT2D eigenvalue weighted by Gasteiger charge is -2.36. The minimum absolute atomic E-state index is 0.0225. The highest BCUT2D eigenvalue weighted by Crippen LogP contribution is 2.43. The molecule has 4 atom stereocenters. The first kappa shape index (κ1) is 25.1. The monoisotopic (exact) mass is 503 g/mol. The van der Waals surface area contributed by atoms with Crippen molar-refractivity contribution in [3.05, 3.63) is 46.6 Å². The van der Waals surface area contributed by atoms with Gasteiger partial charge in [0.1, 0.15) is 22.3 Å². The van der Waals surface area contributed by atoms with Crippen molar-refractivity contribution < 1.29 is 28.6 Å². The number of piperidine rings is 1. The van der Waals surface area contributed by atoms with Crippen LogP contribution >= 0.6 is 11.3 Å². The van der Waals surface area contributed by atoms with Crippen molar-refractivity contribution in [1.82, 2.24) is 10.2 Å². The molecular formula is C25H30FN3O5S. The van der Waals surface area contributed by atoms with E-state index >= 15 is 0 Å². The summed E-state index contributed by atoms with van der Waals surface area (Å²) in [6.45, 7) is 5.36. The van der Waals surface area contributed by atoms with Crippen molar-refractivity contribution in [1.29, 1.82) is 0 Å². The molecule has 2 fully saturated rings. The lowest BCUT2D eigenvalue weighted by atomic mass is 9.97. The maximum atomic E-state index is 14.8. The number of carbonyl (C=O) groups excluding carboxylic acids is 2. The van der Waals surface area contributed by atoms with Crippen molar-refractivity contribution in [3.63, 3.8) is 0 Å². The minimum atomic E-state index is -1.03. The highest BCUT2D eigenvalue weighted by atomic mass is 32.1. The van der Waals surface area contributed by atoms with E-state index in [9.17, 15) is 18.8 Å². The number of amides is 2. The van der Waals surface area contributed by atoms with Crippen LogP contribution in [0.3, 0.4) is 0 Å². The van der Waals surface area contributed by atoms with E-state index in [4.69, 9.17) is 15.6 Å². The maximum Gasteiger partial charge on any atom is 0.411 e. The fourth-order valence-electron chi connectivity index (χ4n) is 4.93. The number of aromatic carboxylic acids is 1. The van der Waals surface area contributed by atoms with Gasteiger partial charge in [-0.25, -0.2) is 14.0 Å². The molecule has 1 aromatic heterocycles. The zero-order chi connectivity index (χ0) is 25.5. The summed E-state index contributed by atoms with van der Waals surface area (Å²) in [4.78, 5) is 39.4. The molecule has 2 heterocycles. The number of ether oxygens (including phenoxy) is 1. The Kier molecular flexibility index (Phi) is 6.88. The van der Waals surface area contributed by atoms with Crippen molar-refractivity contribution >= 4 is 29.3 Å². The summed E-state index contributed by atoms with van der Waals surface area (Å²) in [7, 11) is 0. The van der Waals surface area contributed by atoms with Gasteiger partial charge in [-0.05, 0) is 75.3 Å². The van der Waals surface area contributed by atoms with Crippen molar-refractivity contribution in [2.45, 2.75) is 70.3 Å². The SMILES string of the molecule is CC(C)(C)OC(=O)N1[C@@H]2CC[C@@H](C2)[C@H]1C(=O)N[C@H](N)Cc1ccc(-c2ccc(C(=O)O)s2)cc1F. The number of fused-ring (bicyclic) bond motifs is 2. The second-order valence-electron chi connectivity index (χ2n) is 10.2. The first-order valence-corrected chi connectivity index (χ1v) is 12.4. The van der Waals surface area contributed by atoms with Gasteiger partial charge < -0.3 is 20.9 Å². The molecule has 2 amide bonds. The largest absolute Gasteiger partial charge is 0.477 e. The van der Waals surface area contributed by atoms with E-state index in [0.29, 0.717) is 16.0 Å². The van der Waals surface area contributed by atoms with Gasteiger partial charge in [0.2, 0.25) is 5.91 Å². The summed E-state index contributed by atoms with van der Waals surface area (Å²) < 4.78 is 20.3. The number of rotatable bonds is 6. The number of carboxylic acid groups (broad SMARTS) is 1. The van der Waals surface area contributed by atoms with E-state index in [-0.39, 0.29) is 29.2 Å². The van der Waals surface area contributed by atoms with Crippen LogP contribution < -0.4 is 11.1 Å². The molecular weight excluding hydrogens is 473 g/mol. The molecule has 188 valence electrons.